The van der Waals surface area contributed by atoms with Crippen LogP contribution < -0.4 is 4.74 Å². The van der Waals surface area contributed by atoms with Crippen LogP contribution in [0.1, 0.15) is 51.2 Å². The van der Waals surface area contributed by atoms with E-state index in [-0.39, 0.29) is 5.78 Å². The van der Waals surface area contributed by atoms with Crippen LogP contribution in [-0.4, -0.2) is 12.4 Å². The monoisotopic (exact) mass is 296 g/mol. The summed E-state index contributed by atoms with van der Waals surface area (Å²) in [5.41, 5.74) is 2.28. The number of hydrogen-bond acceptors (Lipinski definition) is 2. The van der Waals surface area contributed by atoms with E-state index >= 15 is 0 Å². The minimum absolute atomic E-state index is 0.251. The molecular formula is C17H25ClO2. The Morgan fingerprint density at radius 1 is 1.30 bits per heavy atom. The van der Waals surface area contributed by atoms with Gasteiger partial charge in [-0.1, -0.05) is 31.5 Å². The number of halogens is 1. The van der Waals surface area contributed by atoms with Gasteiger partial charge in [-0.15, -0.1) is 0 Å². The van der Waals surface area contributed by atoms with Gasteiger partial charge in [0.1, 0.15) is 11.5 Å². The molecule has 0 aliphatic heterocycles. The fraction of sp³-hybridized carbons (Fsp3) is 0.588. The van der Waals surface area contributed by atoms with E-state index < -0.39 is 0 Å². The fourth-order valence-electron chi connectivity index (χ4n) is 2.04. The van der Waals surface area contributed by atoms with Crippen molar-refractivity contribution in [3.8, 4) is 5.75 Å². The summed E-state index contributed by atoms with van der Waals surface area (Å²) in [7, 11) is 0. The molecule has 0 amide bonds. The summed E-state index contributed by atoms with van der Waals surface area (Å²) in [5.74, 6) is 1.51. The molecule has 0 bridgehead atoms. The Bertz CT molecular complexity index is 453. The normalized spacial score (nSPS) is 10.9. The molecule has 1 aromatic rings. The van der Waals surface area contributed by atoms with E-state index in [1.165, 1.54) is 0 Å². The van der Waals surface area contributed by atoms with Crippen LogP contribution >= 0.6 is 11.6 Å². The number of rotatable bonds is 8. The first-order chi connectivity index (χ1) is 9.40. The van der Waals surface area contributed by atoms with E-state index in [0.29, 0.717) is 18.9 Å². The lowest BCUT2D eigenvalue weighted by Crippen LogP contribution is -2.05. The molecule has 0 N–H and O–H groups in total. The van der Waals surface area contributed by atoms with Gasteiger partial charge in [0.15, 0.2) is 0 Å². The van der Waals surface area contributed by atoms with Crippen molar-refractivity contribution in [1.29, 1.82) is 0 Å². The summed E-state index contributed by atoms with van der Waals surface area (Å²) in [6.07, 6.45) is 3.44. The minimum atomic E-state index is 0.251. The topological polar surface area (TPSA) is 26.3 Å². The standard InChI is InChI=1S/C17H25ClO2/c1-12(2)11-20-16-10-13(3)9-15(17(16)18)8-6-5-7-14(4)19/h9-10,12H,5-8,11H2,1-4H3. The van der Waals surface area contributed by atoms with Gasteiger partial charge in [0, 0.05) is 6.42 Å². The second-order valence-corrected chi connectivity index (χ2v) is 6.23. The van der Waals surface area contributed by atoms with E-state index in [9.17, 15) is 4.79 Å². The Morgan fingerprint density at radius 3 is 2.60 bits per heavy atom. The van der Waals surface area contributed by atoms with Crippen molar-refractivity contribution >= 4 is 17.4 Å². The van der Waals surface area contributed by atoms with Crippen molar-refractivity contribution in [2.75, 3.05) is 6.61 Å². The quantitative estimate of drug-likeness (QED) is 0.632. The molecule has 0 saturated carbocycles. The molecule has 2 nitrogen and oxygen atoms in total. The second-order valence-electron chi connectivity index (χ2n) is 5.85. The summed E-state index contributed by atoms with van der Waals surface area (Å²) in [6.45, 7) is 8.60. The highest BCUT2D eigenvalue weighted by Gasteiger charge is 2.10. The first-order valence-corrected chi connectivity index (χ1v) is 7.69. The lowest BCUT2D eigenvalue weighted by molar-refractivity contribution is -0.117. The van der Waals surface area contributed by atoms with Crippen LogP contribution in [0.25, 0.3) is 0 Å². The Balaban J connectivity index is 2.68. The zero-order valence-corrected chi connectivity index (χ0v) is 13.7. The smallest absolute Gasteiger partial charge is 0.138 e. The van der Waals surface area contributed by atoms with Crippen LogP contribution in [-0.2, 0) is 11.2 Å². The van der Waals surface area contributed by atoms with Crippen molar-refractivity contribution in [3.63, 3.8) is 0 Å². The Kier molecular flexibility index (Phi) is 7.08. The maximum atomic E-state index is 10.9. The van der Waals surface area contributed by atoms with Crippen LogP contribution in [0.4, 0.5) is 0 Å². The highest BCUT2D eigenvalue weighted by molar-refractivity contribution is 6.32. The predicted octanol–water partition coefficient (Wildman–Crippen LogP) is 4.99. The SMILES string of the molecule is CC(=O)CCCCc1cc(C)cc(OCC(C)C)c1Cl. The molecule has 0 aliphatic carbocycles. The highest BCUT2D eigenvalue weighted by atomic mass is 35.5. The number of ether oxygens (including phenoxy) is 1. The zero-order chi connectivity index (χ0) is 15.1. The minimum Gasteiger partial charge on any atom is -0.492 e. The maximum Gasteiger partial charge on any atom is 0.138 e. The molecule has 1 aromatic carbocycles. The molecule has 3 heteroatoms. The highest BCUT2D eigenvalue weighted by Crippen LogP contribution is 2.31. The number of unbranched alkanes of at least 4 members (excludes halogenated alkanes) is 1. The molecular weight excluding hydrogens is 272 g/mol. The first kappa shape index (κ1) is 17.0. The molecule has 0 spiro atoms. The number of Topliss-reactive ketones (excluding diaryl/α,β-unsaturated/α-hetero) is 1. The van der Waals surface area contributed by atoms with Gasteiger partial charge in [0.05, 0.1) is 11.6 Å². The van der Waals surface area contributed by atoms with Crippen LogP contribution in [0, 0.1) is 12.8 Å². The average molecular weight is 297 g/mol. The summed E-state index contributed by atoms with van der Waals surface area (Å²) in [4.78, 5) is 10.9. The fourth-order valence-corrected chi connectivity index (χ4v) is 2.30. The van der Waals surface area contributed by atoms with Crippen molar-refractivity contribution in [2.24, 2.45) is 5.92 Å². The van der Waals surface area contributed by atoms with Gasteiger partial charge in [-0.3, -0.25) is 0 Å². The Labute approximate surface area is 127 Å². The summed E-state index contributed by atoms with van der Waals surface area (Å²) in [5, 5.41) is 0.721. The first-order valence-electron chi connectivity index (χ1n) is 7.31. The molecule has 0 fully saturated rings. The van der Waals surface area contributed by atoms with E-state index in [0.717, 1.165) is 41.2 Å². The van der Waals surface area contributed by atoms with Crippen LogP contribution in [0.2, 0.25) is 5.02 Å². The van der Waals surface area contributed by atoms with E-state index in [2.05, 4.69) is 26.8 Å². The van der Waals surface area contributed by atoms with Gasteiger partial charge >= 0.3 is 0 Å². The molecule has 1 rings (SSSR count). The number of carbonyl (C=O) groups excluding carboxylic acids is 1. The molecule has 20 heavy (non-hydrogen) atoms. The molecule has 112 valence electrons. The van der Waals surface area contributed by atoms with E-state index in [1.54, 1.807) is 6.92 Å². The molecule has 0 heterocycles. The number of benzene rings is 1. The average Bonchev–Trinajstić information content (AvgIpc) is 2.35. The van der Waals surface area contributed by atoms with Gasteiger partial charge in [-0.25, -0.2) is 0 Å². The third kappa shape index (κ3) is 5.96. The second kappa shape index (κ2) is 8.31. The molecule has 0 aliphatic rings. The van der Waals surface area contributed by atoms with Crippen LogP contribution in [0.15, 0.2) is 12.1 Å². The maximum absolute atomic E-state index is 10.9. The summed E-state index contributed by atoms with van der Waals surface area (Å²) < 4.78 is 5.78. The van der Waals surface area contributed by atoms with Crippen molar-refractivity contribution in [2.45, 2.75) is 53.4 Å². The van der Waals surface area contributed by atoms with E-state index in [4.69, 9.17) is 16.3 Å². The number of hydrogen-bond donors (Lipinski definition) is 0. The van der Waals surface area contributed by atoms with Gasteiger partial charge in [-0.2, -0.15) is 0 Å². The summed E-state index contributed by atoms with van der Waals surface area (Å²) in [6, 6.07) is 4.10. The lowest BCUT2D eigenvalue weighted by Gasteiger charge is -2.14. The summed E-state index contributed by atoms with van der Waals surface area (Å²) >= 11 is 6.41. The molecule has 0 saturated heterocycles. The molecule has 0 unspecified atom stereocenters. The number of carbonyl (C=O) groups is 1. The third-order valence-corrected chi connectivity index (χ3v) is 3.49. The van der Waals surface area contributed by atoms with Gasteiger partial charge in [0.2, 0.25) is 0 Å². The Hall–Kier alpha value is -1.02. The largest absolute Gasteiger partial charge is 0.492 e. The van der Waals surface area contributed by atoms with Gasteiger partial charge in [0.25, 0.3) is 0 Å². The van der Waals surface area contributed by atoms with Crippen molar-refractivity contribution in [1.82, 2.24) is 0 Å². The third-order valence-electron chi connectivity index (χ3n) is 3.06. The van der Waals surface area contributed by atoms with E-state index in [1.807, 2.05) is 6.07 Å². The zero-order valence-electron chi connectivity index (χ0n) is 13.0. The van der Waals surface area contributed by atoms with Gasteiger partial charge in [-0.05, 0) is 56.2 Å². The molecule has 0 radical (unpaired) electrons. The van der Waals surface area contributed by atoms with Crippen molar-refractivity contribution < 1.29 is 9.53 Å². The lowest BCUT2D eigenvalue weighted by atomic mass is 10.0. The Morgan fingerprint density at radius 2 is 2.00 bits per heavy atom. The number of ketones is 1. The number of aryl methyl sites for hydroxylation is 2. The van der Waals surface area contributed by atoms with Crippen molar-refractivity contribution in [3.05, 3.63) is 28.3 Å². The molecule has 0 atom stereocenters. The molecule has 0 aromatic heterocycles. The van der Waals surface area contributed by atoms with Crippen LogP contribution in [0.3, 0.4) is 0 Å². The van der Waals surface area contributed by atoms with Crippen LogP contribution in [0.5, 0.6) is 5.75 Å². The van der Waals surface area contributed by atoms with Gasteiger partial charge < -0.3 is 9.53 Å². The predicted molar refractivity (Wildman–Crippen MR) is 84.8 cm³/mol.